The summed E-state index contributed by atoms with van der Waals surface area (Å²) in [6.07, 6.45) is 0. The predicted octanol–water partition coefficient (Wildman–Crippen LogP) is -0.694. The summed E-state index contributed by atoms with van der Waals surface area (Å²) in [7, 11) is 0. The number of carbonyl (C=O) groups is 1. The molecular weight excluding hydrogens is 164 g/mol. The van der Waals surface area contributed by atoms with Crippen molar-refractivity contribution < 1.29 is 9.90 Å². The Balaban J connectivity index is 3.80. The third-order valence-electron chi connectivity index (χ3n) is 1.26. The number of hydrogen-bond donors (Lipinski definition) is 4. The zero-order valence-electron chi connectivity index (χ0n) is 6.45. The highest BCUT2D eigenvalue weighted by atomic mass is 32.1. The van der Waals surface area contributed by atoms with Crippen LogP contribution >= 0.6 is 12.6 Å². The van der Waals surface area contributed by atoms with Gasteiger partial charge in [-0.1, -0.05) is 6.92 Å². The van der Waals surface area contributed by atoms with Crippen molar-refractivity contribution in [3.05, 3.63) is 0 Å². The van der Waals surface area contributed by atoms with E-state index in [-0.39, 0.29) is 5.25 Å². The summed E-state index contributed by atoms with van der Waals surface area (Å²) < 4.78 is 0. The maximum absolute atomic E-state index is 10.5. The van der Waals surface area contributed by atoms with Crippen LogP contribution in [-0.4, -0.2) is 35.5 Å². The normalized spacial score (nSPS) is 15.9. The van der Waals surface area contributed by atoms with E-state index in [0.717, 1.165) is 0 Å². The second-order valence-electron chi connectivity index (χ2n) is 2.30. The molecule has 5 heteroatoms. The second kappa shape index (κ2) is 5.40. The van der Waals surface area contributed by atoms with E-state index in [1.165, 1.54) is 0 Å². The Labute approximate surface area is 71.6 Å². The lowest BCUT2D eigenvalue weighted by Gasteiger charge is -2.16. The largest absolute Gasteiger partial charge is 0.480 e. The second-order valence-corrected chi connectivity index (χ2v) is 3.11. The zero-order valence-corrected chi connectivity index (χ0v) is 7.34. The SMILES string of the molecule is CC(S)[C@H](NCCN)C(=O)O. The maximum atomic E-state index is 10.5. The van der Waals surface area contributed by atoms with Gasteiger partial charge in [-0.3, -0.25) is 4.79 Å². The van der Waals surface area contributed by atoms with Crippen LogP contribution < -0.4 is 11.1 Å². The van der Waals surface area contributed by atoms with Gasteiger partial charge in [-0.25, -0.2) is 0 Å². The molecule has 0 saturated heterocycles. The summed E-state index contributed by atoms with van der Waals surface area (Å²) in [6, 6.07) is -0.609. The predicted molar refractivity (Wildman–Crippen MR) is 46.9 cm³/mol. The van der Waals surface area contributed by atoms with E-state index in [9.17, 15) is 4.79 Å². The lowest BCUT2D eigenvalue weighted by atomic mass is 10.2. The molecule has 0 rings (SSSR count). The molecule has 0 bridgehead atoms. The van der Waals surface area contributed by atoms with E-state index in [1.807, 2.05) is 0 Å². The molecule has 0 aromatic rings. The van der Waals surface area contributed by atoms with E-state index in [4.69, 9.17) is 10.8 Å². The van der Waals surface area contributed by atoms with Gasteiger partial charge in [0.2, 0.25) is 0 Å². The molecule has 2 atom stereocenters. The van der Waals surface area contributed by atoms with Crippen LogP contribution in [0.1, 0.15) is 6.92 Å². The van der Waals surface area contributed by atoms with Crippen molar-refractivity contribution in [2.45, 2.75) is 18.2 Å². The van der Waals surface area contributed by atoms with Crippen LogP contribution in [0, 0.1) is 0 Å². The third kappa shape index (κ3) is 4.23. The number of thiol groups is 1. The minimum absolute atomic E-state index is 0.209. The highest BCUT2D eigenvalue weighted by molar-refractivity contribution is 7.81. The Morgan fingerprint density at radius 2 is 2.36 bits per heavy atom. The van der Waals surface area contributed by atoms with Crippen molar-refractivity contribution in [1.29, 1.82) is 0 Å². The van der Waals surface area contributed by atoms with Crippen molar-refractivity contribution in [1.82, 2.24) is 5.32 Å². The van der Waals surface area contributed by atoms with Crippen molar-refractivity contribution in [3.8, 4) is 0 Å². The van der Waals surface area contributed by atoms with Crippen LogP contribution in [0.5, 0.6) is 0 Å². The standard InChI is InChI=1S/C6H14N2O2S/c1-4(11)5(6(9)10)8-3-2-7/h4-5,8,11H,2-3,7H2,1H3,(H,9,10)/t4?,5-/m0/s1. The lowest BCUT2D eigenvalue weighted by molar-refractivity contribution is -0.139. The van der Waals surface area contributed by atoms with Crippen molar-refractivity contribution >= 4 is 18.6 Å². The number of carboxylic acids is 1. The first-order chi connectivity index (χ1) is 5.09. The van der Waals surface area contributed by atoms with Crippen LogP contribution in [0.4, 0.5) is 0 Å². The quantitative estimate of drug-likeness (QED) is 0.420. The Bertz CT molecular complexity index is 130. The fourth-order valence-corrected chi connectivity index (χ4v) is 0.936. The molecule has 0 aliphatic rings. The lowest BCUT2D eigenvalue weighted by Crippen LogP contribution is -2.44. The molecule has 1 unspecified atom stereocenters. The van der Waals surface area contributed by atoms with Crippen LogP contribution in [0.3, 0.4) is 0 Å². The molecule has 4 N–H and O–H groups in total. The molecule has 0 heterocycles. The summed E-state index contributed by atoms with van der Waals surface area (Å²) in [5.74, 6) is -0.888. The van der Waals surface area contributed by atoms with Gasteiger partial charge in [0.05, 0.1) is 0 Å². The minimum atomic E-state index is -0.888. The average Bonchev–Trinajstić information content (AvgIpc) is 1.87. The van der Waals surface area contributed by atoms with Gasteiger partial charge in [0.1, 0.15) is 6.04 Å². The number of hydrogen-bond acceptors (Lipinski definition) is 4. The highest BCUT2D eigenvalue weighted by Crippen LogP contribution is 2.00. The molecule has 11 heavy (non-hydrogen) atoms. The first-order valence-electron chi connectivity index (χ1n) is 3.44. The molecule has 0 saturated carbocycles. The molecule has 0 fully saturated rings. The number of nitrogens with one attached hydrogen (secondary N) is 1. The fourth-order valence-electron chi connectivity index (χ4n) is 0.703. The molecule has 66 valence electrons. The zero-order chi connectivity index (χ0) is 8.85. The van der Waals surface area contributed by atoms with Crippen LogP contribution in [0.2, 0.25) is 0 Å². The summed E-state index contributed by atoms with van der Waals surface area (Å²) in [5.41, 5.74) is 5.20. The van der Waals surface area contributed by atoms with Gasteiger partial charge in [-0.2, -0.15) is 12.6 Å². The van der Waals surface area contributed by atoms with E-state index < -0.39 is 12.0 Å². The van der Waals surface area contributed by atoms with Gasteiger partial charge >= 0.3 is 5.97 Å². The number of carboxylic acid groups (broad SMARTS) is 1. The van der Waals surface area contributed by atoms with Crippen LogP contribution in [-0.2, 0) is 4.79 Å². The maximum Gasteiger partial charge on any atom is 0.321 e. The molecule has 4 nitrogen and oxygen atoms in total. The smallest absolute Gasteiger partial charge is 0.321 e. The first kappa shape index (κ1) is 10.7. The van der Waals surface area contributed by atoms with Gasteiger partial charge in [0.15, 0.2) is 0 Å². The Hall–Kier alpha value is -0.260. The molecule has 0 radical (unpaired) electrons. The van der Waals surface area contributed by atoms with E-state index >= 15 is 0 Å². The molecule has 0 aromatic carbocycles. The number of rotatable bonds is 5. The van der Waals surface area contributed by atoms with Gasteiger partial charge < -0.3 is 16.2 Å². The summed E-state index contributed by atoms with van der Waals surface area (Å²) in [6.45, 7) is 2.66. The van der Waals surface area contributed by atoms with Crippen molar-refractivity contribution in [3.63, 3.8) is 0 Å². The Morgan fingerprint density at radius 3 is 2.64 bits per heavy atom. The van der Waals surface area contributed by atoms with Gasteiger partial charge in [-0.15, -0.1) is 0 Å². The Kier molecular flexibility index (Phi) is 5.27. The molecule has 0 aliphatic heterocycles. The summed E-state index contributed by atoms with van der Waals surface area (Å²) >= 11 is 4.02. The van der Waals surface area contributed by atoms with Gasteiger partial charge in [0.25, 0.3) is 0 Å². The topological polar surface area (TPSA) is 75.3 Å². The fraction of sp³-hybridized carbons (Fsp3) is 0.833. The van der Waals surface area contributed by atoms with Crippen molar-refractivity contribution in [2.75, 3.05) is 13.1 Å². The Morgan fingerprint density at radius 1 is 1.82 bits per heavy atom. The summed E-state index contributed by atoms with van der Waals surface area (Å²) in [5, 5.41) is 11.2. The number of aliphatic carboxylic acids is 1. The van der Waals surface area contributed by atoms with Gasteiger partial charge in [0, 0.05) is 18.3 Å². The minimum Gasteiger partial charge on any atom is -0.480 e. The monoisotopic (exact) mass is 178 g/mol. The average molecular weight is 178 g/mol. The first-order valence-corrected chi connectivity index (χ1v) is 3.95. The van der Waals surface area contributed by atoms with Crippen molar-refractivity contribution in [2.24, 2.45) is 5.73 Å². The third-order valence-corrected chi connectivity index (χ3v) is 1.56. The molecule has 0 amide bonds. The molecular formula is C6H14N2O2S. The highest BCUT2D eigenvalue weighted by Gasteiger charge is 2.20. The molecule has 0 spiro atoms. The van der Waals surface area contributed by atoms with Crippen LogP contribution in [0.15, 0.2) is 0 Å². The molecule has 0 aromatic heterocycles. The molecule has 0 aliphatic carbocycles. The van der Waals surface area contributed by atoms with E-state index in [0.29, 0.717) is 13.1 Å². The van der Waals surface area contributed by atoms with E-state index in [1.54, 1.807) is 6.92 Å². The van der Waals surface area contributed by atoms with Crippen LogP contribution in [0.25, 0.3) is 0 Å². The number of nitrogens with two attached hydrogens (primary N) is 1. The van der Waals surface area contributed by atoms with Gasteiger partial charge in [-0.05, 0) is 0 Å². The van der Waals surface area contributed by atoms with E-state index in [2.05, 4.69) is 17.9 Å². The summed E-state index contributed by atoms with van der Waals surface area (Å²) in [4.78, 5) is 10.5.